The molecule has 0 aromatic heterocycles. The van der Waals surface area contributed by atoms with E-state index in [1.54, 1.807) is 6.92 Å². The van der Waals surface area contributed by atoms with Gasteiger partial charge in [0.15, 0.2) is 12.7 Å². The number of rotatable bonds is 6. The smallest absolute Gasteiger partial charge is 0.347 e. The molecule has 1 N–H and O–H groups in total. The molecule has 1 atom stereocenters. The van der Waals surface area contributed by atoms with E-state index < -0.39 is 12.1 Å². The molecule has 2 aromatic rings. The predicted octanol–water partition coefficient (Wildman–Crippen LogP) is 4.55. The molecule has 5 heteroatoms. The molecule has 0 aliphatic rings. The number of nitrogens with one attached hydrogen (secondary N) is 1. The van der Waals surface area contributed by atoms with Crippen LogP contribution in [0.1, 0.15) is 44.4 Å². The van der Waals surface area contributed by atoms with Crippen molar-refractivity contribution >= 4 is 17.6 Å². The molecule has 0 heterocycles. The number of hydrogen-bond acceptors (Lipinski definition) is 4. The van der Waals surface area contributed by atoms with Crippen LogP contribution in [0.5, 0.6) is 5.75 Å². The maximum atomic E-state index is 12.1. The second-order valence-electron chi connectivity index (χ2n) is 7.96. The van der Waals surface area contributed by atoms with E-state index >= 15 is 0 Å². The SMILES string of the molecule is Cc1cccc(C)c1NC(=O)COC(=O)[C@H](C)Oc1ccc(C(C)(C)C)cc1. The summed E-state index contributed by atoms with van der Waals surface area (Å²) in [5.74, 6) is -0.388. The number of aryl methyl sites for hydroxylation is 2. The van der Waals surface area contributed by atoms with Gasteiger partial charge in [-0.3, -0.25) is 4.79 Å². The minimum absolute atomic E-state index is 0.0475. The Balaban J connectivity index is 1.86. The van der Waals surface area contributed by atoms with Gasteiger partial charge < -0.3 is 14.8 Å². The first-order valence-electron chi connectivity index (χ1n) is 9.38. The Labute approximate surface area is 167 Å². The summed E-state index contributed by atoms with van der Waals surface area (Å²) in [6.07, 6.45) is -0.812. The van der Waals surface area contributed by atoms with E-state index in [0.29, 0.717) is 5.75 Å². The Morgan fingerprint density at radius 2 is 1.57 bits per heavy atom. The molecule has 2 rings (SSSR count). The monoisotopic (exact) mass is 383 g/mol. The number of hydrogen-bond donors (Lipinski definition) is 1. The topological polar surface area (TPSA) is 64.6 Å². The molecule has 0 radical (unpaired) electrons. The lowest BCUT2D eigenvalue weighted by molar-refractivity contribution is -0.153. The maximum Gasteiger partial charge on any atom is 0.347 e. The molecular formula is C23H29NO4. The van der Waals surface area contributed by atoms with Gasteiger partial charge in [-0.05, 0) is 55.0 Å². The second kappa shape index (κ2) is 8.91. The first kappa shape index (κ1) is 21.5. The zero-order chi connectivity index (χ0) is 20.9. The molecule has 2 aromatic carbocycles. The van der Waals surface area contributed by atoms with E-state index in [2.05, 4.69) is 26.1 Å². The fraction of sp³-hybridized carbons (Fsp3) is 0.391. The standard InChI is InChI=1S/C23H29NO4/c1-15-8-7-9-16(2)21(15)24-20(25)14-27-22(26)17(3)28-19-12-10-18(11-13-19)23(4,5)6/h7-13,17H,14H2,1-6H3,(H,24,25)/t17-/m0/s1. The molecule has 0 spiro atoms. The summed E-state index contributed by atoms with van der Waals surface area (Å²) in [7, 11) is 0. The van der Waals surface area contributed by atoms with Crippen LogP contribution < -0.4 is 10.1 Å². The summed E-state index contributed by atoms with van der Waals surface area (Å²) < 4.78 is 10.7. The molecule has 150 valence electrons. The van der Waals surface area contributed by atoms with Gasteiger partial charge in [0.05, 0.1) is 0 Å². The summed E-state index contributed by atoms with van der Waals surface area (Å²) in [6, 6.07) is 13.4. The van der Waals surface area contributed by atoms with Gasteiger partial charge in [-0.1, -0.05) is 51.1 Å². The quantitative estimate of drug-likeness (QED) is 0.743. The molecule has 0 aliphatic carbocycles. The number of esters is 1. The lowest BCUT2D eigenvalue weighted by Gasteiger charge is -2.20. The minimum Gasteiger partial charge on any atom is -0.479 e. The molecule has 0 fully saturated rings. The molecule has 1 amide bonds. The number of carbonyl (C=O) groups excluding carboxylic acids is 2. The first-order chi connectivity index (χ1) is 13.1. The Bertz CT molecular complexity index is 814. The molecule has 0 bridgehead atoms. The summed E-state index contributed by atoms with van der Waals surface area (Å²) in [5, 5.41) is 2.79. The Morgan fingerprint density at radius 3 is 2.11 bits per heavy atom. The lowest BCUT2D eigenvalue weighted by atomic mass is 9.87. The average Bonchev–Trinajstić information content (AvgIpc) is 2.62. The highest BCUT2D eigenvalue weighted by molar-refractivity contribution is 5.94. The normalized spacial score (nSPS) is 12.2. The van der Waals surface area contributed by atoms with Crippen molar-refractivity contribution in [1.82, 2.24) is 0 Å². The maximum absolute atomic E-state index is 12.1. The number of para-hydroxylation sites is 1. The summed E-state index contributed by atoms with van der Waals surface area (Å²) in [5.41, 5.74) is 3.88. The largest absolute Gasteiger partial charge is 0.479 e. The first-order valence-corrected chi connectivity index (χ1v) is 9.38. The molecule has 5 nitrogen and oxygen atoms in total. The summed E-state index contributed by atoms with van der Waals surface area (Å²) in [4.78, 5) is 24.2. The van der Waals surface area contributed by atoms with Crippen LogP contribution in [0, 0.1) is 13.8 Å². The third-order valence-corrected chi connectivity index (χ3v) is 4.46. The van der Waals surface area contributed by atoms with Crippen LogP contribution in [-0.2, 0) is 19.7 Å². The van der Waals surface area contributed by atoms with E-state index in [1.165, 1.54) is 5.56 Å². The number of ether oxygens (including phenoxy) is 2. The fourth-order valence-electron chi connectivity index (χ4n) is 2.73. The van der Waals surface area contributed by atoms with Crippen molar-refractivity contribution in [3.8, 4) is 5.75 Å². The van der Waals surface area contributed by atoms with Crippen LogP contribution in [-0.4, -0.2) is 24.6 Å². The highest BCUT2D eigenvalue weighted by Gasteiger charge is 2.19. The molecule has 0 unspecified atom stereocenters. The van der Waals surface area contributed by atoms with Crippen LogP contribution in [0.3, 0.4) is 0 Å². The van der Waals surface area contributed by atoms with Crippen molar-refractivity contribution in [2.45, 2.75) is 53.1 Å². The Kier molecular flexibility index (Phi) is 6.84. The number of carbonyl (C=O) groups is 2. The van der Waals surface area contributed by atoms with Gasteiger partial charge in [0.1, 0.15) is 5.75 Å². The number of amides is 1. The minimum atomic E-state index is -0.812. The van der Waals surface area contributed by atoms with Crippen molar-refractivity contribution in [1.29, 1.82) is 0 Å². The molecule has 0 saturated carbocycles. The fourth-order valence-corrected chi connectivity index (χ4v) is 2.73. The Morgan fingerprint density at radius 1 is 1.00 bits per heavy atom. The van der Waals surface area contributed by atoms with E-state index in [9.17, 15) is 9.59 Å². The van der Waals surface area contributed by atoms with Crippen molar-refractivity contribution in [3.63, 3.8) is 0 Å². The molecule has 0 saturated heterocycles. The van der Waals surface area contributed by atoms with Gasteiger partial charge in [-0.2, -0.15) is 0 Å². The van der Waals surface area contributed by atoms with Gasteiger partial charge in [0.2, 0.25) is 0 Å². The van der Waals surface area contributed by atoms with E-state index in [-0.39, 0.29) is 17.9 Å². The van der Waals surface area contributed by atoms with E-state index in [1.807, 2.05) is 56.3 Å². The third-order valence-electron chi connectivity index (χ3n) is 4.46. The summed E-state index contributed by atoms with van der Waals surface area (Å²) in [6.45, 7) is 11.5. The zero-order valence-corrected chi connectivity index (χ0v) is 17.5. The Hall–Kier alpha value is -2.82. The van der Waals surface area contributed by atoms with E-state index in [4.69, 9.17) is 9.47 Å². The summed E-state index contributed by atoms with van der Waals surface area (Å²) >= 11 is 0. The van der Waals surface area contributed by atoms with Gasteiger partial charge in [-0.15, -0.1) is 0 Å². The molecule has 0 aliphatic heterocycles. The number of anilines is 1. The second-order valence-corrected chi connectivity index (χ2v) is 7.96. The molecular weight excluding hydrogens is 354 g/mol. The average molecular weight is 383 g/mol. The van der Waals surface area contributed by atoms with Crippen LogP contribution in [0.2, 0.25) is 0 Å². The van der Waals surface area contributed by atoms with Crippen LogP contribution >= 0.6 is 0 Å². The van der Waals surface area contributed by atoms with E-state index in [0.717, 1.165) is 16.8 Å². The van der Waals surface area contributed by atoms with Crippen molar-refractivity contribution in [3.05, 3.63) is 59.2 Å². The van der Waals surface area contributed by atoms with Gasteiger partial charge in [0, 0.05) is 5.69 Å². The van der Waals surface area contributed by atoms with Gasteiger partial charge in [0.25, 0.3) is 5.91 Å². The zero-order valence-electron chi connectivity index (χ0n) is 17.5. The lowest BCUT2D eigenvalue weighted by Crippen LogP contribution is -2.30. The van der Waals surface area contributed by atoms with Crippen LogP contribution in [0.4, 0.5) is 5.69 Å². The van der Waals surface area contributed by atoms with Crippen molar-refractivity contribution in [2.75, 3.05) is 11.9 Å². The number of benzene rings is 2. The van der Waals surface area contributed by atoms with Gasteiger partial charge >= 0.3 is 5.97 Å². The highest BCUT2D eigenvalue weighted by Crippen LogP contribution is 2.24. The highest BCUT2D eigenvalue weighted by atomic mass is 16.6. The molecule has 28 heavy (non-hydrogen) atoms. The third kappa shape index (κ3) is 5.84. The predicted molar refractivity (Wildman–Crippen MR) is 111 cm³/mol. The van der Waals surface area contributed by atoms with Crippen molar-refractivity contribution < 1.29 is 19.1 Å². The van der Waals surface area contributed by atoms with Crippen LogP contribution in [0.25, 0.3) is 0 Å². The van der Waals surface area contributed by atoms with Crippen molar-refractivity contribution in [2.24, 2.45) is 0 Å². The van der Waals surface area contributed by atoms with Gasteiger partial charge in [-0.25, -0.2) is 4.79 Å². The van der Waals surface area contributed by atoms with Crippen LogP contribution in [0.15, 0.2) is 42.5 Å².